The zero-order valence-electron chi connectivity index (χ0n) is 12.2. The van der Waals surface area contributed by atoms with Crippen LogP contribution in [0.1, 0.15) is 13.8 Å². The van der Waals surface area contributed by atoms with Crippen LogP contribution in [0.5, 0.6) is 0 Å². The Morgan fingerprint density at radius 1 is 1.19 bits per heavy atom. The summed E-state index contributed by atoms with van der Waals surface area (Å²) < 4.78 is 3.69. The number of nitrogens with zero attached hydrogens (tertiary/aromatic N) is 5. The van der Waals surface area contributed by atoms with E-state index in [-0.39, 0.29) is 6.54 Å². The van der Waals surface area contributed by atoms with Gasteiger partial charge in [0.05, 0.1) is 24.0 Å². The molecule has 0 N–H and O–H groups in total. The molecule has 0 fully saturated rings. The Kier molecular flexibility index (Phi) is 3.44. The molecule has 3 aromatic rings. The van der Waals surface area contributed by atoms with Gasteiger partial charge in [-0.15, -0.1) is 0 Å². The minimum Gasteiger partial charge on any atom is -0.265 e. The minimum atomic E-state index is 0.272. The molecule has 2 aromatic heterocycles. The number of fused-ring (bicyclic) bond motifs is 1. The summed E-state index contributed by atoms with van der Waals surface area (Å²) in [4.78, 5) is 0. The minimum absolute atomic E-state index is 0.272. The first-order chi connectivity index (χ1) is 10.2. The number of hydrogen-bond acceptors (Lipinski definition) is 3. The molecule has 0 saturated heterocycles. The van der Waals surface area contributed by atoms with Crippen molar-refractivity contribution >= 4 is 10.9 Å². The third kappa shape index (κ3) is 2.65. The van der Waals surface area contributed by atoms with Crippen molar-refractivity contribution in [3.05, 3.63) is 36.8 Å². The predicted octanol–water partition coefficient (Wildman–Crippen LogP) is 3.08. The van der Waals surface area contributed by atoms with Crippen LogP contribution in [-0.2, 0) is 13.1 Å². The normalized spacial score (nSPS) is 11.1. The Hall–Kier alpha value is -2.61. The first-order valence-corrected chi connectivity index (χ1v) is 7.02. The van der Waals surface area contributed by atoms with Crippen LogP contribution >= 0.6 is 0 Å². The Morgan fingerprint density at radius 3 is 2.81 bits per heavy atom. The van der Waals surface area contributed by atoms with Crippen LogP contribution in [0, 0.1) is 17.2 Å². The van der Waals surface area contributed by atoms with Crippen LogP contribution in [0.15, 0.2) is 36.8 Å². The summed E-state index contributed by atoms with van der Waals surface area (Å²) in [6, 6.07) is 8.38. The maximum Gasteiger partial charge on any atom is 0.128 e. The molecule has 3 rings (SSSR count). The Bertz CT molecular complexity index is 804. The van der Waals surface area contributed by atoms with Gasteiger partial charge in [-0.3, -0.25) is 9.36 Å². The zero-order chi connectivity index (χ0) is 14.8. The van der Waals surface area contributed by atoms with E-state index in [2.05, 4.69) is 48.3 Å². The molecule has 0 saturated carbocycles. The summed E-state index contributed by atoms with van der Waals surface area (Å²) in [7, 11) is 0. The molecule has 5 heteroatoms. The molecule has 0 unspecified atom stereocenters. The largest absolute Gasteiger partial charge is 0.265 e. The van der Waals surface area contributed by atoms with Gasteiger partial charge in [-0.25, -0.2) is 0 Å². The van der Waals surface area contributed by atoms with Crippen molar-refractivity contribution in [3.8, 4) is 17.2 Å². The lowest BCUT2D eigenvalue weighted by molar-refractivity contribution is 0.495. The van der Waals surface area contributed by atoms with Gasteiger partial charge in [-0.05, 0) is 23.6 Å². The van der Waals surface area contributed by atoms with E-state index < -0.39 is 0 Å². The van der Waals surface area contributed by atoms with E-state index in [1.807, 2.05) is 17.1 Å². The number of benzene rings is 1. The average Bonchev–Trinajstić information content (AvgIpc) is 3.06. The summed E-state index contributed by atoms with van der Waals surface area (Å²) in [6.45, 7) is 5.56. The summed E-state index contributed by atoms with van der Waals surface area (Å²) in [6.07, 6.45) is 5.58. The van der Waals surface area contributed by atoms with Crippen molar-refractivity contribution < 1.29 is 0 Å². The van der Waals surface area contributed by atoms with Crippen molar-refractivity contribution in [2.75, 3.05) is 0 Å². The fourth-order valence-electron chi connectivity index (χ4n) is 2.43. The molecule has 0 aliphatic carbocycles. The Balaban J connectivity index is 1.95. The lowest BCUT2D eigenvalue weighted by Gasteiger charge is -2.06. The molecule has 2 heterocycles. The van der Waals surface area contributed by atoms with Crippen LogP contribution in [0.2, 0.25) is 0 Å². The molecule has 0 aliphatic heterocycles. The number of rotatable bonds is 4. The van der Waals surface area contributed by atoms with Crippen LogP contribution in [0.25, 0.3) is 22.0 Å². The second-order valence-corrected chi connectivity index (χ2v) is 5.58. The van der Waals surface area contributed by atoms with Crippen LogP contribution in [0.3, 0.4) is 0 Å². The number of aromatic nitrogens is 4. The maximum atomic E-state index is 8.69. The maximum absolute atomic E-state index is 8.69. The summed E-state index contributed by atoms with van der Waals surface area (Å²) >= 11 is 0. The third-order valence-electron chi connectivity index (χ3n) is 3.38. The standard InChI is InChI=1S/C16H17N5/c1-12(2)10-21-16-4-3-13(7-14(16)8-19-21)15-9-18-20(11-15)6-5-17/h3-4,7-9,11-12H,6,10H2,1-2H3. The fourth-order valence-corrected chi connectivity index (χ4v) is 2.43. The molecular formula is C16H17N5. The molecule has 0 radical (unpaired) electrons. The van der Waals surface area contributed by atoms with Crippen LogP contribution in [-0.4, -0.2) is 19.6 Å². The lowest BCUT2D eigenvalue weighted by Crippen LogP contribution is -2.05. The van der Waals surface area contributed by atoms with Crippen molar-refractivity contribution in [3.63, 3.8) is 0 Å². The van der Waals surface area contributed by atoms with Crippen molar-refractivity contribution in [2.24, 2.45) is 5.92 Å². The summed E-state index contributed by atoms with van der Waals surface area (Å²) in [5, 5.41) is 18.5. The van der Waals surface area contributed by atoms with Gasteiger partial charge in [0.25, 0.3) is 0 Å². The van der Waals surface area contributed by atoms with E-state index in [4.69, 9.17) is 5.26 Å². The molecule has 1 aromatic carbocycles. The van der Waals surface area contributed by atoms with Crippen molar-refractivity contribution in [1.82, 2.24) is 19.6 Å². The molecule has 0 bridgehead atoms. The van der Waals surface area contributed by atoms with Crippen molar-refractivity contribution in [1.29, 1.82) is 5.26 Å². The third-order valence-corrected chi connectivity index (χ3v) is 3.38. The highest BCUT2D eigenvalue weighted by atomic mass is 15.3. The second-order valence-electron chi connectivity index (χ2n) is 5.58. The molecule has 0 atom stereocenters. The highest BCUT2D eigenvalue weighted by Crippen LogP contribution is 2.24. The Labute approximate surface area is 123 Å². The lowest BCUT2D eigenvalue weighted by atomic mass is 10.1. The highest BCUT2D eigenvalue weighted by molar-refractivity contribution is 5.84. The monoisotopic (exact) mass is 279 g/mol. The predicted molar refractivity (Wildman–Crippen MR) is 81.4 cm³/mol. The summed E-state index contributed by atoms with van der Waals surface area (Å²) in [5.74, 6) is 0.567. The van der Waals surface area contributed by atoms with E-state index in [1.165, 1.54) is 0 Å². The van der Waals surface area contributed by atoms with E-state index >= 15 is 0 Å². The second kappa shape index (κ2) is 5.41. The van der Waals surface area contributed by atoms with Gasteiger partial charge in [0.15, 0.2) is 0 Å². The van der Waals surface area contributed by atoms with E-state index in [0.29, 0.717) is 5.92 Å². The Morgan fingerprint density at radius 2 is 2.05 bits per heavy atom. The van der Waals surface area contributed by atoms with Gasteiger partial charge in [0, 0.05) is 23.7 Å². The molecular weight excluding hydrogens is 262 g/mol. The SMILES string of the molecule is CC(C)Cn1ncc2cc(-c3cnn(CC#N)c3)ccc21. The van der Waals surface area contributed by atoms with E-state index in [0.717, 1.165) is 28.6 Å². The number of nitriles is 1. The van der Waals surface area contributed by atoms with E-state index in [1.54, 1.807) is 10.9 Å². The molecule has 5 nitrogen and oxygen atoms in total. The highest BCUT2D eigenvalue weighted by Gasteiger charge is 2.07. The quantitative estimate of drug-likeness (QED) is 0.737. The zero-order valence-corrected chi connectivity index (χ0v) is 12.2. The van der Waals surface area contributed by atoms with Crippen LogP contribution in [0.4, 0.5) is 0 Å². The molecule has 21 heavy (non-hydrogen) atoms. The van der Waals surface area contributed by atoms with Gasteiger partial charge in [-0.1, -0.05) is 19.9 Å². The molecule has 0 spiro atoms. The smallest absolute Gasteiger partial charge is 0.128 e. The van der Waals surface area contributed by atoms with Crippen molar-refractivity contribution in [2.45, 2.75) is 26.9 Å². The van der Waals surface area contributed by atoms with Gasteiger partial charge in [0.2, 0.25) is 0 Å². The molecule has 0 amide bonds. The van der Waals surface area contributed by atoms with Gasteiger partial charge in [-0.2, -0.15) is 15.5 Å². The molecule has 0 aliphatic rings. The van der Waals surface area contributed by atoms with Crippen LogP contribution < -0.4 is 0 Å². The number of hydrogen-bond donors (Lipinski definition) is 0. The van der Waals surface area contributed by atoms with Gasteiger partial charge >= 0.3 is 0 Å². The molecule has 106 valence electrons. The topological polar surface area (TPSA) is 59.4 Å². The first kappa shape index (κ1) is 13.4. The van der Waals surface area contributed by atoms with Gasteiger partial charge in [0.1, 0.15) is 6.54 Å². The average molecular weight is 279 g/mol. The van der Waals surface area contributed by atoms with Gasteiger partial charge < -0.3 is 0 Å². The first-order valence-electron chi connectivity index (χ1n) is 7.02. The van der Waals surface area contributed by atoms with E-state index in [9.17, 15) is 0 Å². The fraction of sp³-hybridized carbons (Fsp3) is 0.312. The summed E-state index contributed by atoms with van der Waals surface area (Å²) in [5.41, 5.74) is 3.26.